The summed E-state index contributed by atoms with van der Waals surface area (Å²) < 4.78 is 62.8. The fourth-order valence-corrected chi connectivity index (χ4v) is 2.52. The van der Waals surface area contributed by atoms with Crippen LogP contribution >= 0.6 is 11.3 Å². The summed E-state index contributed by atoms with van der Waals surface area (Å²) >= 11 is 1.53. The molecule has 0 bridgehead atoms. The number of nitrogens with two attached hydrogens (primary N) is 1. The number of ketones is 1. The van der Waals surface area contributed by atoms with Crippen LogP contribution in [0.25, 0.3) is 0 Å². The van der Waals surface area contributed by atoms with E-state index in [1.807, 2.05) is 16.8 Å². The first-order chi connectivity index (χ1) is 11.9. The van der Waals surface area contributed by atoms with Crippen LogP contribution in [0, 0.1) is 23.3 Å². The van der Waals surface area contributed by atoms with E-state index in [9.17, 15) is 22.4 Å². The summed E-state index contributed by atoms with van der Waals surface area (Å²) in [6.07, 6.45) is 0.162. The second kappa shape index (κ2) is 10.5. The van der Waals surface area contributed by atoms with E-state index < -0.39 is 47.5 Å². The highest BCUT2D eigenvalue weighted by Crippen LogP contribution is 2.26. The maximum absolute atomic E-state index is 13.4. The van der Waals surface area contributed by atoms with Gasteiger partial charge in [0.15, 0.2) is 23.2 Å². The number of Topliss-reactive ketones (excluding diaryl/α,β-unsaturated/α-hetero) is 1. The number of carbonyl (C=O) groups excluding carboxylic acids is 1. The Labute approximate surface area is 158 Å². The molecule has 0 saturated heterocycles. The van der Waals surface area contributed by atoms with E-state index in [4.69, 9.17) is 10.5 Å². The van der Waals surface area contributed by atoms with Crippen molar-refractivity contribution in [1.82, 2.24) is 0 Å². The van der Waals surface area contributed by atoms with E-state index in [0.717, 1.165) is 5.56 Å². The smallest absolute Gasteiger partial charge is 1.00 e. The van der Waals surface area contributed by atoms with Gasteiger partial charge >= 0.3 is 1.43 Å². The molecule has 4 nitrogen and oxygen atoms in total. The zero-order chi connectivity index (χ0) is 18.4. The standard InChI is InChI=1S/C16H15F4NO3S.ClH/c17-10-5-11(18)15(20)16(14(10)19)24-7-13(22)12(21)1-3-23-6-9-2-4-25-8-9;/h2,4-5,8,12H,1,3,6-7,21H2;1H/t12-;/m0./s1. The Hall–Kier alpha value is -1.68. The molecule has 10 heteroatoms. The Morgan fingerprint density at radius 1 is 1.23 bits per heavy atom. The van der Waals surface area contributed by atoms with E-state index in [2.05, 4.69) is 4.74 Å². The molecule has 26 heavy (non-hydrogen) atoms. The summed E-state index contributed by atoms with van der Waals surface area (Å²) in [7, 11) is 0. The van der Waals surface area contributed by atoms with Crippen molar-refractivity contribution in [3.05, 3.63) is 51.7 Å². The van der Waals surface area contributed by atoms with Gasteiger partial charge in [-0.2, -0.15) is 20.1 Å². The third-order valence-electron chi connectivity index (χ3n) is 3.27. The topological polar surface area (TPSA) is 61.5 Å². The van der Waals surface area contributed by atoms with Gasteiger partial charge in [-0.25, -0.2) is 8.78 Å². The zero-order valence-electron chi connectivity index (χ0n) is 14.3. The molecule has 0 amide bonds. The fourth-order valence-electron chi connectivity index (χ4n) is 1.86. The molecule has 0 fully saturated rings. The second-order valence-electron chi connectivity index (χ2n) is 5.13. The van der Waals surface area contributed by atoms with E-state index in [-0.39, 0.29) is 32.9 Å². The molecule has 2 N–H and O–H groups in total. The van der Waals surface area contributed by atoms with Crippen LogP contribution in [0.15, 0.2) is 22.9 Å². The SMILES string of the molecule is N[C@@H](CCOCc1ccsc1)C(=O)COc1c(F)c(F)cc(F)c1F.[Cl-].[H+]. The number of benzene rings is 1. The predicted octanol–water partition coefficient (Wildman–Crippen LogP) is 0.303. The molecule has 0 spiro atoms. The lowest BCUT2D eigenvalue weighted by Gasteiger charge is -2.13. The van der Waals surface area contributed by atoms with Gasteiger partial charge in [-0.05, 0) is 28.8 Å². The summed E-state index contributed by atoms with van der Waals surface area (Å²) in [5, 5.41) is 3.82. The summed E-state index contributed by atoms with van der Waals surface area (Å²) in [6, 6.07) is 0.952. The molecule has 144 valence electrons. The van der Waals surface area contributed by atoms with Crippen LogP contribution in [-0.4, -0.2) is 25.0 Å². The number of thiophene rings is 1. The van der Waals surface area contributed by atoms with Gasteiger partial charge in [0, 0.05) is 12.7 Å². The monoisotopic (exact) mass is 413 g/mol. The highest BCUT2D eigenvalue weighted by molar-refractivity contribution is 7.07. The lowest BCUT2D eigenvalue weighted by atomic mass is 10.1. The van der Waals surface area contributed by atoms with Crippen LogP contribution in [0.5, 0.6) is 5.75 Å². The van der Waals surface area contributed by atoms with E-state index >= 15 is 0 Å². The van der Waals surface area contributed by atoms with Crippen molar-refractivity contribution >= 4 is 17.1 Å². The first-order valence-corrected chi connectivity index (χ1v) is 8.17. The molecule has 2 aromatic rings. The molecule has 1 aromatic carbocycles. The van der Waals surface area contributed by atoms with Gasteiger partial charge in [0.1, 0.15) is 6.61 Å². The molecule has 0 aliphatic rings. The minimum absolute atomic E-state index is 0. The van der Waals surface area contributed by atoms with Gasteiger partial charge in [0.25, 0.3) is 0 Å². The van der Waals surface area contributed by atoms with Crippen molar-refractivity contribution in [1.29, 1.82) is 0 Å². The van der Waals surface area contributed by atoms with Gasteiger partial charge in [-0.15, -0.1) is 0 Å². The summed E-state index contributed by atoms with van der Waals surface area (Å²) in [6.45, 7) is -0.248. The molecule has 0 radical (unpaired) electrons. The van der Waals surface area contributed by atoms with Crippen molar-refractivity contribution < 1.29 is 45.7 Å². The largest absolute Gasteiger partial charge is 1.00 e. The summed E-state index contributed by atoms with van der Waals surface area (Å²) in [4.78, 5) is 11.8. The summed E-state index contributed by atoms with van der Waals surface area (Å²) in [5.41, 5.74) is 6.63. The number of carbonyl (C=O) groups is 1. The van der Waals surface area contributed by atoms with Crippen molar-refractivity contribution in [3.63, 3.8) is 0 Å². The van der Waals surface area contributed by atoms with E-state index in [1.54, 1.807) is 0 Å². The molecule has 0 aliphatic heterocycles. The fraction of sp³-hybridized carbons (Fsp3) is 0.312. The Bertz CT molecular complexity index is 711. The van der Waals surface area contributed by atoms with Gasteiger partial charge in [0.2, 0.25) is 11.6 Å². The Morgan fingerprint density at radius 2 is 1.88 bits per heavy atom. The van der Waals surface area contributed by atoms with Gasteiger partial charge in [0.05, 0.1) is 12.6 Å². The molecule has 0 aliphatic carbocycles. The van der Waals surface area contributed by atoms with Crippen molar-refractivity contribution in [3.8, 4) is 5.75 Å². The van der Waals surface area contributed by atoms with Crippen molar-refractivity contribution in [2.75, 3.05) is 13.2 Å². The lowest BCUT2D eigenvalue weighted by Crippen LogP contribution is -3.00. The zero-order valence-corrected chi connectivity index (χ0v) is 14.9. The molecular formula is C16H16ClF4NO3S. The average molecular weight is 414 g/mol. The number of hydrogen-bond donors (Lipinski definition) is 1. The van der Waals surface area contributed by atoms with Crippen LogP contribution in [0.3, 0.4) is 0 Å². The minimum Gasteiger partial charge on any atom is -1.00 e. The summed E-state index contributed by atoms with van der Waals surface area (Å²) in [5.74, 6) is -8.62. The van der Waals surface area contributed by atoms with Gasteiger partial charge in [-0.3, -0.25) is 4.79 Å². The highest BCUT2D eigenvalue weighted by Gasteiger charge is 2.22. The number of halogens is 5. The third kappa shape index (κ3) is 5.94. The van der Waals surface area contributed by atoms with Crippen LogP contribution in [0.4, 0.5) is 17.6 Å². The Kier molecular flexibility index (Phi) is 9.00. The molecule has 1 aromatic heterocycles. The number of ether oxygens (including phenoxy) is 2. The molecule has 1 atom stereocenters. The second-order valence-corrected chi connectivity index (χ2v) is 5.91. The minimum atomic E-state index is -1.71. The van der Waals surface area contributed by atoms with Crippen LogP contribution < -0.4 is 22.9 Å². The Balaban J connectivity index is 0.00000338. The normalized spacial score (nSPS) is 11.7. The predicted molar refractivity (Wildman–Crippen MR) is 84.5 cm³/mol. The quantitative estimate of drug-likeness (QED) is 0.365. The first kappa shape index (κ1) is 22.4. The van der Waals surface area contributed by atoms with Crippen LogP contribution in [0.2, 0.25) is 0 Å². The maximum Gasteiger partial charge on any atom is 1.00 e. The maximum atomic E-state index is 13.4. The van der Waals surface area contributed by atoms with Crippen LogP contribution in [0.1, 0.15) is 13.4 Å². The number of rotatable bonds is 9. The van der Waals surface area contributed by atoms with Gasteiger partial charge < -0.3 is 27.6 Å². The number of hydrogen-bond acceptors (Lipinski definition) is 5. The van der Waals surface area contributed by atoms with E-state index in [0.29, 0.717) is 6.61 Å². The average Bonchev–Trinajstić information content (AvgIpc) is 3.10. The highest BCUT2D eigenvalue weighted by atomic mass is 35.5. The molecule has 1 heterocycles. The molecule has 0 unspecified atom stereocenters. The first-order valence-electron chi connectivity index (χ1n) is 7.23. The Morgan fingerprint density at radius 3 is 2.46 bits per heavy atom. The molecule has 0 saturated carbocycles. The third-order valence-corrected chi connectivity index (χ3v) is 4.00. The van der Waals surface area contributed by atoms with E-state index in [1.165, 1.54) is 11.3 Å². The van der Waals surface area contributed by atoms with Crippen molar-refractivity contribution in [2.45, 2.75) is 19.1 Å². The lowest BCUT2D eigenvalue weighted by molar-refractivity contribution is -0.122. The van der Waals surface area contributed by atoms with Crippen LogP contribution in [-0.2, 0) is 16.1 Å². The van der Waals surface area contributed by atoms with Gasteiger partial charge in [-0.1, -0.05) is 0 Å². The molecular weight excluding hydrogens is 398 g/mol. The molecule has 2 rings (SSSR count). The van der Waals surface area contributed by atoms with Crippen molar-refractivity contribution in [2.24, 2.45) is 5.73 Å².